The summed E-state index contributed by atoms with van der Waals surface area (Å²) in [5.41, 5.74) is 10.4. The number of benzene rings is 2. The number of halogens is 2. The predicted molar refractivity (Wildman–Crippen MR) is 92.8 cm³/mol. The average molecular weight is 410 g/mol. The fourth-order valence-electron chi connectivity index (χ4n) is 2.11. The summed E-state index contributed by atoms with van der Waals surface area (Å²) in [6.07, 6.45) is 0. The Labute approximate surface area is 139 Å². The molecule has 6 heteroatoms. The molecule has 0 aliphatic carbocycles. The van der Waals surface area contributed by atoms with E-state index in [0.29, 0.717) is 11.6 Å². The summed E-state index contributed by atoms with van der Waals surface area (Å²) in [6, 6.07) is 10.1. The Kier molecular flexibility index (Phi) is 3.75. The SMILES string of the molecule is CC(C)c1ccc(-n2nc3cc(Br)c(N)c(Br)c3n2)cc1. The lowest BCUT2D eigenvalue weighted by molar-refractivity contribution is 0.763. The Morgan fingerprint density at radius 1 is 1.10 bits per heavy atom. The van der Waals surface area contributed by atoms with Gasteiger partial charge in [-0.15, -0.1) is 10.2 Å². The van der Waals surface area contributed by atoms with E-state index in [9.17, 15) is 0 Å². The third-order valence-corrected chi connectivity index (χ3v) is 4.85. The van der Waals surface area contributed by atoms with Crippen LogP contribution in [-0.4, -0.2) is 15.0 Å². The monoisotopic (exact) mass is 408 g/mol. The van der Waals surface area contributed by atoms with Crippen molar-refractivity contribution in [2.75, 3.05) is 5.73 Å². The van der Waals surface area contributed by atoms with Gasteiger partial charge in [0.2, 0.25) is 0 Å². The maximum absolute atomic E-state index is 5.98. The van der Waals surface area contributed by atoms with Crippen molar-refractivity contribution in [2.24, 2.45) is 0 Å². The van der Waals surface area contributed by atoms with Gasteiger partial charge < -0.3 is 5.73 Å². The molecule has 3 rings (SSSR count). The molecule has 0 saturated carbocycles. The highest BCUT2D eigenvalue weighted by Gasteiger charge is 2.13. The van der Waals surface area contributed by atoms with Crippen LogP contribution in [-0.2, 0) is 0 Å². The molecule has 0 atom stereocenters. The number of aromatic nitrogens is 3. The van der Waals surface area contributed by atoms with Crippen LogP contribution in [0, 0.1) is 0 Å². The Morgan fingerprint density at radius 2 is 1.76 bits per heavy atom. The molecule has 0 aliphatic rings. The van der Waals surface area contributed by atoms with Gasteiger partial charge in [0.1, 0.15) is 11.0 Å². The van der Waals surface area contributed by atoms with E-state index >= 15 is 0 Å². The number of hydrogen-bond donors (Lipinski definition) is 1. The van der Waals surface area contributed by atoms with E-state index in [1.165, 1.54) is 5.56 Å². The van der Waals surface area contributed by atoms with Crippen LogP contribution in [0.1, 0.15) is 25.3 Å². The zero-order chi connectivity index (χ0) is 15.1. The normalized spacial score (nSPS) is 11.5. The molecule has 21 heavy (non-hydrogen) atoms. The van der Waals surface area contributed by atoms with Gasteiger partial charge in [0.15, 0.2) is 0 Å². The van der Waals surface area contributed by atoms with E-state index in [0.717, 1.165) is 25.7 Å². The number of rotatable bonds is 2. The molecule has 0 bridgehead atoms. The third kappa shape index (κ3) is 2.58. The van der Waals surface area contributed by atoms with Crippen LogP contribution in [0.4, 0.5) is 5.69 Å². The number of nitrogen functional groups attached to an aromatic ring is 1. The second-order valence-electron chi connectivity index (χ2n) is 5.19. The van der Waals surface area contributed by atoms with Crippen LogP contribution < -0.4 is 5.73 Å². The highest BCUT2D eigenvalue weighted by atomic mass is 79.9. The predicted octanol–water partition coefficient (Wildman–Crippen LogP) is 4.65. The van der Waals surface area contributed by atoms with Gasteiger partial charge in [0, 0.05) is 4.47 Å². The molecule has 0 spiro atoms. The maximum atomic E-state index is 5.98. The van der Waals surface area contributed by atoms with E-state index in [4.69, 9.17) is 5.73 Å². The minimum Gasteiger partial charge on any atom is -0.397 e. The molecule has 0 aliphatic heterocycles. The molecule has 0 unspecified atom stereocenters. The maximum Gasteiger partial charge on any atom is 0.130 e. The Hall–Kier alpha value is -1.40. The lowest BCUT2D eigenvalue weighted by Crippen LogP contribution is -1.99. The highest BCUT2D eigenvalue weighted by Crippen LogP contribution is 2.34. The molecular formula is C15H14Br2N4. The topological polar surface area (TPSA) is 56.7 Å². The third-order valence-electron chi connectivity index (χ3n) is 3.40. The number of hydrogen-bond acceptors (Lipinski definition) is 3. The lowest BCUT2D eigenvalue weighted by Gasteiger charge is -2.05. The molecule has 2 N–H and O–H groups in total. The van der Waals surface area contributed by atoms with Gasteiger partial charge in [-0.25, -0.2) is 0 Å². The first kappa shape index (κ1) is 14.5. The van der Waals surface area contributed by atoms with Crippen LogP contribution in [0.5, 0.6) is 0 Å². The Morgan fingerprint density at radius 3 is 2.38 bits per heavy atom. The molecule has 0 saturated heterocycles. The Balaban J connectivity index is 2.11. The largest absolute Gasteiger partial charge is 0.397 e. The molecule has 0 radical (unpaired) electrons. The van der Waals surface area contributed by atoms with E-state index in [-0.39, 0.29) is 0 Å². The van der Waals surface area contributed by atoms with Crippen molar-refractivity contribution in [3.63, 3.8) is 0 Å². The van der Waals surface area contributed by atoms with Crippen molar-refractivity contribution < 1.29 is 0 Å². The zero-order valence-electron chi connectivity index (χ0n) is 11.6. The van der Waals surface area contributed by atoms with Gasteiger partial charge in [-0.05, 0) is 61.5 Å². The number of anilines is 1. The van der Waals surface area contributed by atoms with E-state index in [2.05, 4.69) is 68.0 Å². The van der Waals surface area contributed by atoms with Crippen molar-refractivity contribution >= 4 is 48.6 Å². The second kappa shape index (κ2) is 5.42. The summed E-state index contributed by atoms with van der Waals surface area (Å²) in [5.74, 6) is 0.508. The molecule has 1 aromatic heterocycles. The first-order valence-electron chi connectivity index (χ1n) is 6.58. The van der Waals surface area contributed by atoms with Crippen molar-refractivity contribution in [1.82, 2.24) is 15.0 Å². The van der Waals surface area contributed by atoms with Crippen LogP contribution in [0.25, 0.3) is 16.7 Å². The number of nitrogens with zero attached hydrogens (tertiary/aromatic N) is 3. The van der Waals surface area contributed by atoms with Crippen molar-refractivity contribution in [3.05, 3.63) is 44.8 Å². The summed E-state index contributed by atoms with van der Waals surface area (Å²) in [7, 11) is 0. The van der Waals surface area contributed by atoms with Gasteiger partial charge in [0.25, 0.3) is 0 Å². The molecule has 3 aromatic rings. The Bertz CT molecular complexity index is 807. The average Bonchev–Trinajstić information content (AvgIpc) is 2.89. The second-order valence-corrected chi connectivity index (χ2v) is 6.84. The minimum absolute atomic E-state index is 0.508. The first-order chi connectivity index (χ1) is 9.97. The fourth-order valence-corrected chi connectivity index (χ4v) is 3.29. The van der Waals surface area contributed by atoms with Gasteiger partial charge in [-0.1, -0.05) is 26.0 Å². The summed E-state index contributed by atoms with van der Waals surface area (Å²) >= 11 is 6.90. The molecule has 0 amide bonds. The summed E-state index contributed by atoms with van der Waals surface area (Å²) in [4.78, 5) is 1.63. The number of nitrogens with two attached hydrogens (primary N) is 1. The van der Waals surface area contributed by atoms with Crippen LogP contribution in [0.3, 0.4) is 0 Å². The highest BCUT2D eigenvalue weighted by molar-refractivity contribution is 9.11. The van der Waals surface area contributed by atoms with Gasteiger partial charge in [-0.3, -0.25) is 0 Å². The van der Waals surface area contributed by atoms with Gasteiger partial charge >= 0.3 is 0 Å². The summed E-state index contributed by atoms with van der Waals surface area (Å²) in [6.45, 7) is 4.35. The quantitative estimate of drug-likeness (QED) is 0.626. The lowest BCUT2D eigenvalue weighted by atomic mass is 10.0. The first-order valence-corrected chi connectivity index (χ1v) is 8.17. The fraction of sp³-hybridized carbons (Fsp3) is 0.200. The molecular weight excluding hydrogens is 396 g/mol. The van der Waals surface area contributed by atoms with E-state index in [1.54, 1.807) is 4.80 Å². The van der Waals surface area contributed by atoms with E-state index in [1.807, 2.05) is 18.2 Å². The summed E-state index contributed by atoms with van der Waals surface area (Å²) in [5, 5.41) is 9.03. The van der Waals surface area contributed by atoms with Crippen molar-refractivity contribution in [2.45, 2.75) is 19.8 Å². The standard InChI is InChI=1S/C15H14Br2N4/c1-8(2)9-3-5-10(6-4-9)21-19-12-7-11(16)14(18)13(17)15(12)20-21/h3-8H,18H2,1-2H3. The van der Waals surface area contributed by atoms with Gasteiger partial charge in [-0.2, -0.15) is 4.80 Å². The molecule has 0 fully saturated rings. The van der Waals surface area contributed by atoms with Gasteiger partial charge in [0.05, 0.1) is 15.8 Å². The smallest absolute Gasteiger partial charge is 0.130 e. The van der Waals surface area contributed by atoms with E-state index < -0.39 is 0 Å². The molecule has 108 valence electrons. The van der Waals surface area contributed by atoms with Crippen LogP contribution in [0.2, 0.25) is 0 Å². The van der Waals surface area contributed by atoms with Crippen molar-refractivity contribution in [1.29, 1.82) is 0 Å². The molecule has 2 aromatic carbocycles. The van der Waals surface area contributed by atoms with Crippen LogP contribution in [0.15, 0.2) is 39.3 Å². The van der Waals surface area contributed by atoms with Crippen molar-refractivity contribution in [3.8, 4) is 5.69 Å². The molecule has 1 heterocycles. The number of fused-ring (bicyclic) bond motifs is 1. The van der Waals surface area contributed by atoms with Crippen LogP contribution >= 0.6 is 31.9 Å². The zero-order valence-corrected chi connectivity index (χ0v) is 14.8. The minimum atomic E-state index is 0.508. The summed E-state index contributed by atoms with van der Waals surface area (Å²) < 4.78 is 1.57. The molecule has 4 nitrogen and oxygen atoms in total.